The van der Waals surface area contributed by atoms with Crippen molar-refractivity contribution in [1.29, 1.82) is 0 Å². The molecule has 1 heterocycles. The van der Waals surface area contributed by atoms with E-state index in [2.05, 4.69) is 57.3 Å². The number of hydrogen-bond acceptors (Lipinski definition) is 4. The van der Waals surface area contributed by atoms with Gasteiger partial charge in [-0.2, -0.15) is 4.98 Å². The number of nitrogens with one attached hydrogen (secondary N) is 2. The summed E-state index contributed by atoms with van der Waals surface area (Å²) in [6, 6.07) is 0.427. The first-order chi connectivity index (χ1) is 8.08. The minimum atomic E-state index is 0.427. The molecule has 0 amide bonds. The second-order valence-electron chi connectivity index (χ2n) is 4.32. The lowest BCUT2D eigenvalue weighted by molar-refractivity contribution is 0.509. The largest absolute Gasteiger partial charge is 0.366 e. The van der Waals surface area contributed by atoms with E-state index in [0.717, 1.165) is 23.3 Å². The molecule has 1 aromatic heterocycles. The van der Waals surface area contributed by atoms with E-state index < -0.39 is 0 Å². The lowest BCUT2D eigenvalue weighted by Gasteiger charge is -2.22. The zero-order valence-electron chi connectivity index (χ0n) is 10.9. The summed E-state index contributed by atoms with van der Waals surface area (Å²) in [5, 5.41) is 6.57. The first-order valence-electron chi connectivity index (χ1n) is 6.11. The second-order valence-corrected chi connectivity index (χ2v) is 5.18. The highest BCUT2D eigenvalue weighted by Gasteiger charge is 2.13. The van der Waals surface area contributed by atoms with Crippen molar-refractivity contribution in [2.45, 2.75) is 40.2 Å². The van der Waals surface area contributed by atoms with Gasteiger partial charge < -0.3 is 10.6 Å². The number of hydrogen-bond donors (Lipinski definition) is 2. The summed E-state index contributed by atoms with van der Waals surface area (Å²) in [5.41, 5.74) is 0. The van der Waals surface area contributed by atoms with Crippen molar-refractivity contribution in [3.63, 3.8) is 0 Å². The van der Waals surface area contributed by atoms with Gasteiger partial charge >= 0.3 is 0 Å². The molecule has 1 atom stereocenters. The molecule has 5 heteroatoms. The number of nitrogens with zero attached hydrogens (tertiary/aromatic N) is 2. The molecule has 1 rings (SSSR count). The molecule has 0 saturated heterocycles. The fourth-order valence-corrected chi connectivity index (χ4v) is 1.93. The summed E-state index contributed by atoms with van der Waals surface area (Å²) in [7, 11) is 0. The summed E-state index contributed by atoms with van der Waals surface area (Å²) in [4.78, 5) is 8.65. The van der Waals surface area contributed by atoms with Gasteiger partial charge in [-0.1, -0.05) is 20.8 Å². The molecule has 4 nitrogen and oxygen atoms in total. The van der Waals surface area contributed by atoms with Gasteiger partial charge in [0.2, 0.25) is 5.95 Å². The van der Waals surface area contributed by atoms with Crippen molar-refractivity contribution >= 4 is 27.7 Å². The Bertz CT molecular complexity index is 354. The number of aromatic nitrogens is 2. The molecule has 1 aromatic rings. The zero-order chi connectivity index (χ0) is 12.8. The monoisotopic (exact) mass is 300 g/mol. The van der Waals surface area contributed by atoms with Crippen LogP contribution in [0.4, 0.5) is 11.8 Å². The molecule has 1 unspecified atom stereocenters. The Kier molecular flexibility index (Phi) is 5.68. The van der Waals surface area contributed by atoms with E-state index in [4.69, 9.17) is 0 Å². The lowest BCUT2D eigenvalue weighted by atomic mass is 10.0. The first kappa shape index (κ1) is 14.2. The Morgan fingerprint density at radius 1 is 1.35 bits per heavy atom. The van der Waals surface area contributed by atoms with Gasteiger partial charge in [0.25, 0.3) is 0 Å². The zero-order valence-corrected chi connectivity index (χ0v) is 12.5. The van der Waals surface area contributed by atoms with Crippen LogP contribution in [-0.2, 0) is 0 Å². The summed E-state index contributed by atoms with van der Waals surface area (Å²) in [5.74, 6) is 2.10. The third kappa shape index (κ3) is 4.15. The number of halogens is 1. The van der Waals surface area contributed by atoms with Crippen molar-refractivity contribution in [3.05, 3.63) is 10.7 Å². The minimum absolute atomic E-state index is 0.427. The van der Waals surface area contributed by atoms with E-state index >= 15 is 0 Å². The molecule has 0 aliphatic heterocycles. The number of anilines is 2. The van der Waals surface area contributed by atoms with Gasteiger partial charge in [0.1, 0.15) is 5.82 Å². The highest BCUT2D eigenvalue weighted by molar-refractivity contribution is 9.10. The normalized spacial score (nSPS) is 12.6. The minimum Gasteiger partial charge on any atom is -0.366 e. The SMILES string of the molecule is CCNc1ncc(Br)c(NC(CC)C(C)C)n1. The summed E-state index contributed by atoms with van der Waals surface area (Å²) >= 11 is 3.47. The molecule has 0 aromatic carbocycles. The highest BCUT2D eigenvalue weighted by Crippen LogP contribution is 2.23. The van der Waals surface area contributed by atoms with Crippen molar-refractivity contribution < 1.29 is 0 Å². The molecule has 0 spiro atoms. The molecule has 0 bridgehead atoms. The quantitative estimate of drug-likeness (QED) is 0.844. The van der Waals surface area contributed by atoms with Gasteiger partial charge in [-0.15, -0.1) is 0 Å². The van der Waals surface area contributed by atoms with Crippen LogP contribution in [0.15, 0.2) is 10.7 Å². The van der Waals surface area contributed by atoms with E-state index in [1.54, 1.807) is 6.20 Å². The van der Waals surface area contributed by atoms with Crippen molar-refractivity contribution in [2.24, 2.45) is 5.92 Å². The van der Waals surface area contributed by atoms with Gasteiger partial charge in [-0.25, -0.2) is 4.98 Å². The van der Waals surface area contributed by atoms with Crippen LogP contribution in [0.3, 0.4) is 0 Å². The van der Waals surface area contributed by atoms with Gasteiger partial charge in [0.15, 0.2) is 0 Å². The highest BCUT2D eigenvalue weighted by atomic mass is 79.9. The van der Waals surface area contributed by atoms with Crippen LogP contribution < -0.4 is 10.6 Å². The molecule has 0 aliphatic rings. The summed E-state index contributed by atoms with van der Waals surface area (Å²) < 4.78 is 0.901. The molecule has 2 N–H and O–H groups in total. The fourth-order valence-electron chi connectivity index (χ4n) is 1.63. The summed E-state index contributed by atoms with van der Waals surface area (Å²) in [6.07, 6.45) is 2.85. The Balaban J connectivity index is 2.84. The van der Waals surface area contributed by atoms with Crippen LogP contribution in [0.5, 0.6) is 0 Å². The van der Waals surface area contributed by atoms with E-state index in [0.29, 0.717) is 17.9 Å². The van der Waals surface area contributed by atoms with Gasteiger partial charge in [0.05, 0.1) is 4.47 Å². The van der Waals surface area contributed by atoms with E-state index in [1.165, 1.54) is 0 Å². The molecule has 0 aliphatic carbocycles. The second kappa shape index (κ2) is 6.79. The maximum atomic E-state index is 4.45. The Morgan fingerprint density at radius 3 is 2.59 bits per heavy atom. The van der Waals surface area contributed by atoms with Crippen LogP contribution >= 0.6 is 15.9 Å². The van der Waals surface area contributed by atoms with Crippen LogP contribution in [0.25, 0.3) is 0 Å². The van der Waals surface area contributed by atoms with Crippen molar-refractivity contribution in [2.75, 3.05) is 17.2 Å². The molecular formula is C12H21BrN4. The van der Waals surface area contributed by atoms with Crippen LogP contribution in [-0.4, -0.2) is 22.6 Å². The standard InChI is InChI=1S/C12H21BrN4/c1-5-10(8(3)4)16-11-9(13)7-15-12(17-11)14-6-2/h7-8,10H,5-6H2,1-4H3,(H2,14,15,16,17). The Hall–Kier alpha value is -0.840. The third-order valence-electron chi connectivity index (χ3n) is 2.65. The Morgan fingerprint density at radius 2 is 2.06 bits per heavy atom. The van der Waals surface area contributed by atoms with Gasteiger partial charge in [-0.3, -0.25) is 0 Å². The topological polar surface area (TPSA) is 49.8 Å². The average Bonchev–Trinajstić information content (AvgIpc) is 2.29. The third-order valence-corrected chi connectivity index (χ3v) is 3.23. The predicted octanol–water partition coefficient (Wildman–Crippen LogP) is 3.52. The molecule has 96 valence electrons. The maximum absolute atomic E-state index is 4.45. The van der Waals surface area contributed by atoms with Crippen molar-refractivity contribution in [1.82, 2.24) is 9.97 Å². The fraction of sp³-hybridized carbons (Fsp3) is 0.667. The molecule has 0 radical (unpaired) electrons. The van der Waals surface area contributed by atoms with E-state index in [1.807, 2.05) is 6.92 Å². The molecule has 0 fully saturated rings. The van der Waals surface area contributed by atoms with E-state index in [-0.39, 0.29) is 0 Å². The first-order valence-corrected chi connectivity index (χ1v) is 6.90. The molecule has 17 heavy (non-hydrogen) atoms. The van der Waals surface area contributed by atoms with Gasteiger partial charge in [-0.05, 0) is 35.2 Å². The molecular weight excluding hydrogens is 280 g/mol. The average molecular weight is 301 g/mol. The lowest BCUT2D eigenvalue weighted by Crippen LogP contribution is -2.25. The smallest absolute Gasteiger partial charge is 0.224 e. The maximum Gasteiger partial charge on any atom is 0.224 e. The summed E-state index contributed by atoms with van der Waals surface area (Å²) in [6.45, 7) is 9.45. The van der Waals surface area contributed by atoms with Crippen LogP contribution in [0, 0.1) is 5.92 Å². The van der Waals surface area contributed by atoms with E-state index in [9.17, 15) is 0 Å². The van der Waals surface area contributed by atoms with Gasteiger partial charge in [0, 0.05) is 18.8 Å². The van der Waals surface area contributed by atoms with Crippen LogP contribution in [0.1, 0.15) is 34.1 Å². The molecule has 0 saturated carbocycles. The number of rotatable bonds is 6. The predicted molar refractivity (Wildman–Crippen MR) is 76.4 cm³/mol. The van der Waals surface area contributed by atoms with Crippen LogP contribution in [0.2, 0.25) is 0 Å². The van der Waals surface area contributed by atoms with Crippen molar-refractivity contribution in [3.8, 4) is 0 Å². The Labute approximate surface area is 112 Å².